The number of rotatable bonds is 3. The van der Waals surface area contributed by atoms with E-state index in [1.54, 1.807) is 91.3 Å². The number of aliphatic hydroxyl groups excluding tert-OH is 1. The third kappa shape index (κ3) is 15.6. The molecule has 1 rings (SSSR count). The van der Waals surface area contributed by atoms with Gasteiger partial charge in [0.1, 0.15) is 0 Å². The molecule has 24 heavy (non-hydrogen) atoms. The molecule has 1 heterocycles. The molecule has 1 aromatic heterocycles. The van der Waals surface area contributed by atoms with Crippen LogP contribution in [-0.2, 0) is 126 Å². The Morgan fingerprint density at radius 2 is 1.38 bits per heavy atom. The normalized spacial score (nSPS) is 9.96. The Balaban J connectivity index is 0.000000446. The maximum atomic E-state index is 8.88. The standard InChI is InChI=1S/C9H14OS.S13/c1-3-8-4-5-9(11-8)7(2)6-10;1-3-5-7-9-11-13-12-10-8-6-4-2/h4-5,7,10H,3,6H2,1-2H3;. The van der Waals surface area contributed by atoms with Gasteiger partial charge in [-0.1, -0.05) is 13.8 Å². The van der Waals surface area contributed by atoms with E-state index in [1.165, 1.54) is 27.5 Å². The number of hydrogen-bond acceptors (Lipinski definition) is 4. The second kappa shape index (κ2) is 20.3. The highest BCUT2D eigenvalue weighted by Crippen LogP contribution is 2.24. The van der Waals surface area contributed by atoms with Crippen LogP contribution in [0.1, 0.15) is 29.5 Å². The molecule has 0 amide bonds. The maximum Gasteiger partial charge on any atom is 0.0504 e. The topological polar surface area (TPSA) is 20.2 Å². The van der Waals surface area contributed by atoms with E-state index >= 15 is 0 Å². The van der Waals surface area contributed by atoms with Crippen molar-refractivity contribution in [3.05, 3.63) is 21.9 Å². The van der Waals surface area contributed by atoms with E-state index in [9.17, 15) is 0 Å². The molecule has 0 aliphatic rings. The quantitative estimate of drug-likeness (QED) is 0.588. The van der Waals surface area contributed by atoms with Crippen molar-refractivity contribution in [3.8, 4) is 0 Å². The molecule has 0 saturated heterocycles. The minimum atomic E-state index is 0.254. The van der Waals surface area contributed by atoms with Crippen molar-refractivity contribution in [2.45, 2.75) is 26.2 Å². The molecule has 140 valence electrons. The van der Waals surface area contributed by atoms with Crippen molar-refractivity contribution in [2.75, 3.05) is 6.61 Å². The van der Waals surface area contributed by atoms with Crippen LogP contribution in [0.25, 0.3) is 0 Å². The largest absolute Gasteiger partial charge is 0.396 e. The SMILES string of the molecule is CCc1ccc(C(C)CO)s1.S=S=S=S=S=S=S=S=S=S=S=S=S. The monoisotopic (exact) mass is 586 g/mol. The molecule has 0 aliphatic heterocycles. The van der Waals surface area contributed by atoms with Crippen molar-refractivity contribution in [1.82, 2.24) is 0 Å². The molecule has 0 bridgehead atoms. The molecule has 15 heteroatoms. The molecule has 1 nitrogen and oxygen atoms in total. The van der Waals surface area contributed by atoms with Gasteiger partial charge in [0.2, 0.25) is 0 Å². The van der Waals surface area contributed by atoms with Gasteiger partial charge in [-0.25, -0.2) is 0 Å². The van der Waals surface area contributed by atoms with Crippen molar-refractivity contribution in [1.29, 1.82) is 0 Å². The summed E-state index contributed by atoms with van der Waals surface area (Å²) in [7, 11) is 18.1. The number of aryl methyl sites for hydroxylation is 1. The van der Waals surface area contributed by atoms with Gasteiger partial charge < -0.3 is 5.11 Å². The summed E-state index contributed by atoms with van der Waals surface area (Å²) in [4.78, 5) is 2.70. The summed E-state index contributed by atoms with van der Waals surface area (Å²) in [5, 5.41) is 8.88. The van der Waals surface area contributed by atoms with E-state index in [2.05, 4.69) is 19.1 Å². The minimum Gasteiger partial charge on any atom is -0.396 e. The van der Waals surface area contributed by atoms with Crippen LogP contribution in [0.2, 0.25) is 0 Å². The van der Waals surface area contributed by atoms with Crippen molar-refractivity contribution < 1.29 is 5.11 Å². The lowest BCUT2D eigenvalue weighted by molar-refractivity contribution is 0.274. The van der Waals surface area contributed by atoms with Crippen molar-refractivity contribution >= 4 is 131 Å². The molecular weight excluding hydrogens is 573 g/mol. The van der Waals surface area contributed by atoms with Crippen LogP contribution in [0.15, 0.2) is 12.1 Å². The first-order chi connectivity index (χ1) is 11.7. The van der Waals surface area contributed by atoms with Gasteiger partial charge in [-0.3, -0.25) is 0 Å². The molecular formula is C9H14OS14. The molecule has 0 radical (unpaired) electrons. The summed E-state index contributed by atoms with van der Waals surface area (Å²) >= 11 is 11.2. The number of hydrogen-bond donors (Lipinski definition) is 1. The predicted molar refractivity (Wildman–Crippen MR) is 145 cm³/mol. The molecule has 0 saturated carbocycles. The third-order valence-corrected chi connectivity index (χ3v) is 25.8. The van der Waals surface area contributed by atoms with E-state index in [0.717, 1.165) is 6.42 Å². The smallest absolute Gasteiger partial charge is 0.0504 e. The Labute approximate surface area is 188 Å². The lowest BCUT2D eigenvalue weighted by atomic mass is 10.1. The fourth-order valence-corrected chi connectivity index (χ4v) is 26.7. The van der Waals surface area contributed by atoms with E-state index in [4.69, 9.17) is 27.5 Å². The fourth-order valence-electron chi connectivity index (χ4n) is 1.04. The lowest BCUT2D eigenvalue weighted by Gasteiger charge is -2.02. The first-order valence-corrected chi connectivity index (χ1v) is 22.8. The summed E-state index contributed by atoms with van der Waals surface area (Å²) in [6.45, 7) is 4.45. The molecule has 0 spiro atoms. The number of aliphatic hydroxyl groups is 1. The van der Waals surface area contributed by atoms with Crippen LogP contribution in [0.3, 0.4) is 0 Å². The summed E-state index contributed by atoms with van der Waals surface area (Å²) in [5.74, 6) is 0.306. The zero-order valence-electron chi connectivity index (χ0n) is 12.3. The fraction of sp³-hybridized carbons (Fsp3) is 0.556. The van der Waals surface area contributed by atoms with Crippen molar-refractivity contribution in [3.63, 3.8) is 0 Å². The van der Waals surface area contributed by atoms with Crippen LogP contribution in [-0.4, -0.2) is 11.7 Å². The van der Waals surface area contributed by atoms with E-state index in [-0.39, 0.29) is 6.61 Å². The Morgan fingerprint density at radius 1 is 0.917 bits per heavy atom. The summed E-state index contributed by atoms with van der Waals surface area (Å²) < 4.78 is 0. The first kappa shape index (κ1) is 26.5. The van der Waals surface area contributed by atoms with Gasteiger partial charge in [0.25, 0.3) is 0 Å². The molecule has 0 aromatic carbocycles. The van der Waals surface area contributed by atoms with E-state index in [0.29, 0.717) is 5.92 Å². The average Bonchev–Trinajstić information content (AvgIpc) is 3.09. The Hall–Kier alpha value is 2.52. The molecule has 0 fully saturated rings. The molecule has 0 aliphatic carbocycles. The molecule has 1 aromatic rings. The van der Waals surface area contributed by atoms with Gasteiger partial charge >= 0.3 is 0 Å². The van der Waals surface area contributed by atoms with Gasteiger partial charge in [0.05, 0.1) is 6.61 Å². The first-order valence-electron chi connectivity index (χ1n) is 5.97. The maximum absolute atomic E-state index is 8.88. The minimum absolute atomic E-state index is 0.254. The Kier molecular flexibility index (Phi) is 22.4. The Morgan fingerprint density at radius 3 is 1.71 bits per heavy atom. The van der Waals surface area contributed by atoms with Crippen LogP contribution >= 0.6 is 11.3 Å². The highest BCUT2D eigenvalue weighted by molar-refractivity contribution is 8.75. The third-order valence-electron chi connectivity index (χ3n) is 2.07. The predicted octanol–water partition coefficient (Wildman–Crippen LogP) is 2.38. The Bertz CT molecular complexity index is 888. The van der Waals surface area contributed by atoms with Crippen LogP contribution in [0.5, 0.6) is 0 Å². The molecule has 1 N–H and O–H groups in total. The second-order valence-electron chi connectivity index (χ2n) is 3.49. The van der Waals surface area contributed by atoms with Crippen molar-refractivity contribution in [2.24, 2.45) is 0 Å². The highest BCUT2D eigenvalue weighted by Gasteiger charge is 2.05. The highest BCUT2D eigenvalue weighted by atomic mass is 33.5. The van der Waals surface area contributed by atoms with Crippen LogP contribution < -0.4 is 0 Å². The zero-order chi connectivity index (χ0) is 18.0. The summed E-state index contributed by atoms with van der Waals surface area (Å²) in [6.07, 6.45) is 1.10. The van der Waals surface area contributed by atoms with Gasteiger partial charge in [-0.05, 0) is 18.6 Å². The van der Waals surface area contributed by atoms with Crippen LogP contribution in [0.4, 0.5) is 0 Å². The molecule has 1 atom stereocenters. The lowest BCUT2D eigenvalue weighted by Crippen LogP contribution is -1.94. The van der Waals surface area contributed by atoms with Gasteiger partial charge in [-0.2, -0.15) is 0 Å². The van der Waals surface area contributed by atoms with Gasteiger partial charge in [0.15, 0.2) is 0 Å². The molecule has 1 unspecified atom stereocenters. The van der Waals surface area contributed by atoms with Gasteiger partial charge in [-0.15, -0.1) is 11.3 Å². The van der Waals surface area contributed by atoms with E-state index < -0.39 is 0 Å². The van der Waals surface area contributed by atoms with Crippen LogP contribution in [0, 0.1) is 0 Å². The second-order valence-corrected chi connectivity index (χ2v) is 24.1. The van der Waals surface area contributed by atoms with E-state index in [1.807, 2.05) is 6.92 Å². The summed E-state index contributed by atoms with van der Waals surface area (Å²) in [5.41, 5.74) is 0. The summed E-state index contributed by atoms with van der Waals surface area (Å²) in [6, 6.07) is 4.26. The number of thiophene rings is 1. The zero-order valence-corrected chi connectivity index (χ0v) is 23.7. The van der Waals surface area contributed by atoms with Gasteiger partial charge in [0, 0.05) is 136 Å². The average molecular weight is 587 g/mol.